The van der Waals surface area contributed by atoms with Gasteiger partial charge in [-0.2, -0.15) is 0 Å². The normalized spacial score (nSPS) is 14.4. The third-order valence-corrected chi connectivity index (χ3v) is 5.53. The molecule has 3 heteroatoms. The van der Waals surface area contributed by atoms with Crippen molar-refractivity contribution in [3.05, 3.63) is 12.2 Å². The number of aliphatic hydroxyl groups excluding tert-OH is 1. The van der Waals surface area contributed by atoms with Crippen LogP contribution >= 0.6 is 0 Å². The van der Waals surface area contributed by atoms with Gasteiger partial charge >= 0.3 is 0 Å². The van der Waals surface area contributed by atoms with Gasteiger partial charge in [0.1, 0.15) is 0 Å². The van der Waals surface area contributed by atoms with Gasteiger partial charge in [-0.3, -0.25) is 4.99 Å². The molecule has 27 heavy (non-hydrogen) atoms. The quantitative estimate of drug-likeness (QED) is 0.205. The zero-order valence-electron chi connectivity index (χ0n) is 18.1. The fourth-order valence-corrected chi connectivity index (χ4v) is 3.80. The third kappa shape index (κ3) is 13.9. The molecule has 0 spiro atoms. The van der Waals surface area contributed by atoms with Crippen molar-refractivity contribution >= 4 is 5.84 Å². The lowest BCUT2D eigenvalue weighted by Crippen LogP contribution is -2.29. The summed E-state index contributed by atoms with van der Waals surface area (Å²) in [5, 5.41) is 8.97. The van der Waals surface area contributed by atoms with E-state index in [0.717, 1.165) is 32.5 Å². The Hall–Kier alpha value is -0.830. The number of hydrogen-bond donors (Lipinski definition) is 1. The predicted molar refractivity (Wildman–Crippen MR) is 120 cm³/mol. The summed E-state index contributed by atoms with van der Waals surface area (Å²) < 4.78 is 0. The second-order valence-electron chi connectivity index (χ2n) is 8.05. The minimum atomic E-state index is 0.290. The molecular formula is C24H46N2O. The Bertz CT molecular complexity index is 379. The van der Waals surface area contributed by atoms with Crippen LogP contribution in [0.4, 0.5) is 0 Å². The number of rotatable bonds is 19. The molecule has 0 radical (unpaired) electrons. The second-order valence-corrected chi connectivity index (χ2v) is 8.05. The first-order valence-electron chi connectivity index (χ1n) is 11.9. The number of unbranched alkanes of at least 4 members (excludes halogenated alkanes) is 12. The minimum Gasteiger partial charge on any atom is -0.396 e. The molecule has 0 bridgehead atoms. The lowest BCUT2D eigenvalue weighted by Gasteiger charge is -2.19. The lowest BCUT2D eigenvalue weighted by molar-refractivity contribution is 0.269. The van der Waals surface area contributed by atoms with Gasteiger partial charge in [0.25, 0.3) is 0 Å². The van der Waals surface area contributed by atoms with E-state index < -0.39 is 0 Å². The van der Waals surface area contributed by atoms with Crippen LogP contribution in [0.3, 0.4) is 0 Å². The Morgan fingerprint density at radius 3 is 2.04 bits per heavy atom. The smallest absolute Gasteiger partial charge is 0.0990 e. The highest BCUT2D eigenvalue weighted by atomic mass is 16.3. The van der Waals surface area contributed by atoms with E-state index in [-0.39, 0.29) is 6.61 Å². The average Bonchev–Trinajstić information content (AvgIpc) is 3.13. The van der Waals surface area contributed by atoms with E-state index >= 15 is 0 Å². The van der Waals surface area contributed by atoms with Gasteiger partial charge in [0, 0.05) is 26.1 Å². The Morgan fingerprint density at radius 2 is 1.41 bits per heavy atom. The largest absolute Gasteiger partial charge is 0.396 e. The van der Waals surface area contributed by atoms with Crippen LogP contribution in [0.1, 0.15) is 110 Å². The summed E-state index contributed by atoms with van der Waals surface area (Å²) in [5.41, 5.74) is 0. The van der Waals surface area contributed by atoms with E-state index in [9.17, 15) is 0 Å². The van der Waals surface area contributed by atoms with E-state index in [1.165, 1.54) is 95.7 Å². The van der Waals surface area contributed by atoms with Crippen molar-refractivity contribution in [1.29, 1.82) is 0 Å². The molecule has 0 aliphatic carbocycles. The summed E-state index contributed by atoms with van der Waals surface area (Å²) in [6, 6.07) is 0. The van der Waals surface area contributed by atoms with Crippen molar-refractivity contribution < 1.29 is 5.11 Å². The van der Waals surface area contributed by atoms with Gasteiger partial charge in [0.15, 0.2) is 0 Å². The molecule has 1 aliphatic heterocycles. The van der Waals surface area contributed by atoms with Crippen molar-refractivity contribution in [3.8, 4) is 0 Å². The molecule has 0 aromatic heterocycles. The van der Waals surface area contributed by atoms with E-state index in [2.05, 4.69) is 29.0 Å². The lowest BCUT2D eigenvalue weighted by atomic mass is 10.1. The maximum absolute atomic E-state index is 8.97. The van der Waals surface area contributed by atoms with E-state index in [0.29, 0.717) is 0 Å². The van der Waals surface area contributed by atoms with Crippen LogP contribution in [0.15, 0.2) is 17.1 Å². The molecule has 0 aromatic carbocycles. The average molecular weight is 379 g/mol. The number of aliphatic hydroxyl groups is 1. The van der Waals surface area contributed by atoms with Crippen LogP contribution in [-0.2, 0) is 0 Å². The molecule has 1 N–H and O–H groups in total. The van der Waals surface area contributed by atoms with Crippen molar-refractivity contribution in [2.24, 2.45) is 4.99 Å². The molecule has 0 saturated carbocycles. The Morgan fingerprint density at radius 1 is 0.815 bits per heavy atom. The number of allylic oxidation sites excluding steroid dienone is 2. The first-order chi connectivity index (χ1) is 13.4. The molecule has 158 valence electrons. The Balaban J connectivity index is 1.82. The maximum Gasteiger partial charge on any atom is 0.0990 e. The molecule has 0 unspecified atom stereocenters. The van der Waals surface area contributed by atoms with Crippen molar-refractivity contribution in [2.75, 3.05) is 26.2 Å². The first kappa shape index (κ1) is 24.2. The molecule has 1 aliphatic rings. The molecule has 0 saturated heterocycles. The molecule has 0 atom stereocenters. The monoisotopic (exact) mass is 378 g/mol. The number of amidine groups is 1. The molecule has 3 nitrogen and oxygen atoms in total. The minimum absolute atomic E-state index is 0.290. The highest BCUT2D eigenvalue weighted by molar-refractivity contribution is 5.83. The van der Waals surface area contributed by atoms with Crippen LogP contribution in [0.5, 0.6) is 0 Å². The predicted octanol–water partition coefficient (Wildman–Crippen LogP) is 6.51. The van der Waals surface area contributed by atoms with Gasteiger partial charge in [-0.25, -0.2) is 0 Å². The van der Waals surface area contributed by atoms with Gasteiger partial charge in [0.2, 0.25) is 0 Å². The zero-order valence-corrected chi connectivity index (χ0v) is 18.1. The standard InChI is InChI=1S/C24H46N2O/c1-2-3-4-5-6-7-8-9-10-11-12-13-14-15-16-17-19-24-25-20-22-26(24)21-18-23-27/h9-10,27H,2-8,11-23H2,1H3/b10-9-. The zero-order chi connectivity index (χ0) is 19.4. The van der Waals surface area contributed by atoms with E-state index in [1.54, 1.807) is 0 Å². The Labute approximate surface area is 169 Å². The topological polar surface area (TPSA) is 35.8 Å². The Kier molecular flexibility index (Phi) is 16.6. The van der Waals surface area contributed by atoms with Crippen LogP contribution in [0.2, 0.25) is 0 Å². The first-order valence-corrected chi connectivity index (χ1v) is 11.9. The van der Waals surface area contributed by atoms with Gasteiger partial charge in [-0.05, 0) is 38.5 Å². The van der Waals surface area contributed by atoms with Gasteiger partial charge < -0.3 is 10.0 Å². The third-order valence-electron chi connectivity index (χ3n) is 5.53. The highest BCUT2D eigenvalue weighted by Gasteiger charge is 2.15. The maximum atomic E-state index is 8.97. The van der Waals surface area contributed by atoms with Crippen LogP contribution in [-0.4, -0.2) is 42.1 Å². The van der Waals surface area contributed by atoms with Crippen molar-refractivity contribution in [2.45, 2.75) is 110 Å². The van der Waals surface area contributed by atoms with E-state index in [1.807, 2.05) is 0 Å². The van der Waals surface area contributed by atoms with Crippen LogP contribution < -0.4 is 0 Å². The van der Waals surface area contributed by atoms with Gasteiger partial charge in [0.05, 0.1) is 12.4 Å². The van der Waals surface area contributed by atoms with Crippen LogP contribution in [0.25, 0.3) is 0 Å². The van der Waals surface area contributed by atoms with Crippen LogP contribution in [0, 0.1) is 0 Å². The second kappa shape index (κ2) is 18.5. The summed E-state index contributed by atoms with van der Waals surface area (Å²) in [6.07, 6.45) is 25.9. The summed E-state index contributed by atoms with van der Waals surface area (Å²) in [5.74, 6) is 1.29. The van der Waals surface area contributed by atoms with E-state index in [4.69, 9.17) is 5.11 Å². The molecule has 0 amide bonds. The molecule has 1 heterocycles. The van der Waals surface area contributed by atoms with Gasteiger partial charge in [-0.1, -0.05) is 76.9 Å². The number of aliphatic imine (C=N–C) groups is 1. The summed E-state index contributed by atoms with van der Waals surface area (Å²) in [6.45, 7) is 5.55. The highest BCUT2D eigenvalue weighted by Crippen LogP contribution is 2.13. The SMILES string of the molecule is CCCCCCCC/C=C\CCCCCCCCC1=NCCN1CCCO. The fourth-order valence-electron chi connectivity index (χ4n) is 3.80. The molecule has 0 fully saturated rings. The summed E-state index contributed by atoms with van der Waals surface area (Å²) in [4.78, 5) is 7.00. The van der Waals surface area contributed by atoms with Crippen molar-refractivity contribution in [3.63, 3.8) is 0 Å². The van der Waals surface area contributed by atoms with Gasteiger partial charge in [-0.15, -0.1) is 0 Å². The number of nitrogens with zero attached hydrogens (tertiary/aromatic N) is 2. The molecule has 0 aromatic rings. The summed E-state index contributed by atoms with van der Waals surface area (Å²) in [7, 11) is 0. The van der Waals surface area contributed by atoms with Crippen molar-refractivity contribution in [1.82, 2.24) is 4.90 Å². The molecule has 1 rings (SSSR count). The fraction of sp³-hybridized carbons (Fsp3) is 0.875. The number of hydrogen-bond acceptors (Lipinski definition) is 3. The molecular weight excluding hydrogens is 332 g/mol. The summed E-state index contributed by atoms with van der Waals surface area (Å²) >= 11 is 0.